The maximum atomic E-state index is 3.20. The van der Waals surface area contributed by atoms with Crippen LogP contribution in [0.5, 0.6) is 0 Å². The van der Waals surface area contributed by atoms with Crippen LogP contribution in [0.2, 0.25) is 0 Å². The van der Waals surface area contributed by atoms with E-state index in [4.69, 9.17) is 0 Å². The Bertz CT molecular complexity index is 157. The number of hydrogen-bond donors (Lipinski definition) is 0. The van der Waals surface area contributed by atoms with Gasteiger partial charge in [-0.1, -0.05) is 46.5 Å². The van der Waals surface area contributed by atoms with E-state index in [1.54, 1.807) is 0 Å². The van der Waals surface area contributed by atoms with Crippen LogP contribution in [0.4, 0.5) is 0 Å². The lowest BCUT2D eigenvalue weighted by Crippen LogP contribution is -1.91. The predicted molar refractivity (Wildman–Crippen MR) is 60.5 cm³/mol. The Hall–Kier alpha value is -0.440. The first-order valence-electron chi connectivity index (χ1n) is 5.59. The fourth-order valence-electron chi connectivity index (χ4n) is 1.50. The predicted octanol–water partition coefficient (Wildman–Crippen LogP) is 4.25. The fraction of sp³-hybridized carbons (Fsp3) is 0.846. The van der Waals surface area contributed by atoms with Crippen LogP contribution in [0.25, 0.3) is 0 Å². The van der Waals surface area contributed by atoms with E-state index in [0.29, 0.717) is 5.92 Å². The highest BCUT2D eigenvalue weighted by Gasteiger charge is 1.97. The molecule has 0 aliphatic rings. The minimum Gasteiger partial charge on any atom is -0.106 e. The van der Waals surface area contributed by atoms with Crippen LogP contribution in [0.3, 0.4) is 0 Å². The molecule has 0 aliphatic carbocycles. The van der Waals surface area contributed by atoms with Crippen molar-refractivity contribution in [3.05, 3.63) is 0 Å². The molecule has 0 aromatic rings. The van der Waals surface area contributed by atoms with E-state index in [0.717, 1.165) is 5.92 Å². The van der Waals surface area contributed by atoms with Crippen molar-refractivity contribution in [2.24, 2.45) is 11.8 Å². The van der Waals surface area contributed by atoms with Crippen LogP contribution in [-0.2, 0) is 0 Å². The van der Waals surface area contributed by atoms with Gasteiger partial charge in [0.05, 0.1) is 0 Å². The van der Waals surface area contributed by atoms with E-state index in [1.807, 2.05) is 6.92 Å². The summed E-state index contributed by atoms with van der Waals surface area (Å²) in [5, 5.41) is 0. The standard InChI is InChI=1S/C13H24/c1-5-9-13(4)11-8-6-7-10-12(2)3/h12-13H,6-8,10-11H2,1-4H3. The number of hydrogen-bond acceptors (Lipinski definition) is 0. The van der Waals surface area contributed by atoms with Crippen molar-refractivity contribution in [3.63, 3.8) is 0 Å². The van der Waals surface area contributed by atoms with Crippen LogP contribution >= 0.6 is 0 Å². The van der Waals surface area contributed by atoms with Crippen molar-refractivity contribution in [2.45, 2.75) is 59.8 Å². The SMILES string of the molecule is CC#CC(C)CCCCCC(C)C. The van der Waals surface area contributed by atoms with Crippen molar-refractivity contribution in [2.75, 3.05) is 0 Å². The summed E-state index contributed by atoms with van der Waals surface area (Å²) in [4.78, 5) is 0. The van der Waals surface area contributed by atoms with E-state index in [-0.39, 0.29) is 0 Å². The minimum absolute atomic E-state index is 0.601. The van der Waals surface area contributed by atoms with Gasteiger partial charge in [-0.3, -0.25) is 0 Å². The van der Waals surface area contributed by atoms with Gasteiger partial charge in [0.1, 0.15) is 0 Å². The number of unbranched alkanes of at least 4 members (excludes halogenated alkanes) is 2. The molecule has 76 valence electrons. The van der Waals surface area contributed by atoms with Crippen LogP contribution in [-0.4, -0.2) is 0 Å². The Balaban J connectivity index is 3.19. The normalized spacial score (nSPS) is 12.4. The van der Waals surface area contributed by atoms with Gasteiger partial charge in [-0.15, -0.1) is 11.8 Å². The molecule has 0 aliphatic heterocycles. The minimum atomic E-state index is 0.601. The smallest absolute Gasteiger partial charge is 0.0174 e. The summed E-state index contributed by atoms with van der Waals surface area (Å²) in [5.41, 5.74) is 0. The summed E-state index contributed by atoms with van der Waals surface area (Å²) in [6.45, 7) is 8.74. The molecule has 0 aromatic carbocycles. The summed E-state index contributed by atoms with van der Waals surface area (Å²) in [5.74, 6) is 7.64. The molecular weight excluding hydrogens is 156 g/mol. The Morgan fingerprint density at radius 1 is 0.923 bits per heavy atom. The largest absolute Gasteiger partial charge is 0.106 e. The first kappa shape index (κ1) is 12.6. The maximum Gasteiger partial charge on any atom is 0.0174 e. The highest BCUT2D eigenvalue weighted by atomic mass is 14.0. The second-order valence-electron chi connectivity index (χ2n) is 4.33. The molecule has 0 heterocycles. The Labute approximate surface area is 84.1 Å². The molecule has 13 heavy (non-hydrogen) atoms. The monoisotopic (exact) mass is 180 g/mol. The molecule has 0 saturated carbocycles. The van der Waals surface area contributed by atoms with E-state index >= 15 is 0 Å². The van der Waals surface area contributed by atoms with Crippen molar-refractivity contribution >= 4 is 0 Å². The zero-order valence-electron chi connectivity index (χ0n) is 9.69. The maximum absolute atomic E-state index is 3.20. The number of rotatable bonds is 6. The van der Waals surface area contributed by atoms with Gasteiger partial charge in [0.25, 0.3) is 0 Å². The van der Waals surface area contributed by atoms with Gasteiger partial charge in [0, 0.05) is 5.92 Å². The molecule has 0 nitrogen and oxygen atoms in total. The summed E-state index contributed by atoms with van der Waals surface area (Å²) in [6, 6.07) is 0. The van der Waals surface area contributed by atoms with Crippen LogP contribution in [0.1, 0.15) is 59.8 Å². The molecule has 0 spiro atoms. The third kappa shape index (κ3) is 9.47. The third-order valence-electron chi connectivity index (χ3n) is 2.31. The lowest BCUT2D eigenvalue weighted by molar-refractivity contribution is 0.504. The molecule has 1 unspecified atom stereocenters. The second-order valence-corrected chi connectivity index (χ2v) is 4.33. The zero-order chi connectivity index (χ0) is 10.1. The molecule has 0 rings (SSSR count). The van der Waals surface area contributed by atoms with Crippen molar-refractivity contribution in [3.8, 4) is 11.8 Å². The molecule has 0 fully saturated rings. The Morgan fingerprint density at radius 3 is 2.08 bits per heavy atom. The third-order valence-corrected chi connectivity index (χ3v) is 2.31. The average Bonchev–Trinajstić information content (AvgIpc) is 2.03. The highest BCUT2D eigenvalue weighted by Crippen LogP contribution is 2.12. The van der Waals surface area contributed by atoms with Gasteiger partial charge in [-0.25, -0.2) is 0 Å². The van der Waals surface area contributed by atoms with Crippen molar-refractivity contribution in [1.82, 2.24) is 0 Å². The first-order chi connectivity index (χ1) is 6.16. The average molecular weight is 180 g/mol. The Morgan fingerprint density at radius 2 is 1.54 bits per heavy atom. The van der Waals surface area contributed by atoms with E-state index in [9.17, 15) is 0 Å². The summed E-state index contributed by atoms with van der Waals surface area (Å²) in [7, 11) is 0. The summed E-state index contributed by atoms with van der Waals surface area (Å²) >= 11 is 0. The lowest BCUT2D eigenvalue weighted by atomic mass is 10.0. The summed E-state index contributed by atoms with van der Waals surface area (Å²) < 4.78 is 0. The molecule has 0 radical (unpaired) electrons. The highest BCUT2D eigenvalue weighted by molar-refractivity contribution is 4.98. The van der Waals surface area contributed by atoms with Gasteiger partial charge in [-0.2, -0.15) is 0 Å². The van der Waals surface area contributed by atoms with Crippen LogP contribution < -0.4 is 0 Å². The molecular formula is C13H24. The summed E-state index contributed by atoms with van der Waals surface area (Å²) in [6.07, 6.45) is 6.78. The molecule has 0 heteroatoms. The lowest BCUT2D eigenvalue weighted by Gasteiger charge is -2.05. The first-order valence-corrected chi connectivity index (χ1v) is 5.59. The fourth-order valence-corrected chi connectivity index (χ4v) is 1.50. The van der Waals surface area contributed by atoms with E-state index in [1.165, 1.54) is 32.1 Å². The van der Waals surface area contributed by atoms with Crippen molar-refractivity contribution in [1.29, 1.82) is 0 Å². The zero-order valence-corrected chi connectivity index (χ0v) is 9.69. The van der Waals surface area contributed by atoms with Crippen LogP contribution in [0.15, 0.2) is 0 Å². The Kier molecular flexibility index (Phi) is 7.90. The van der Waals surface area contributed by atoms with Gasteiger partial charge >= 0.3 is 0 Å². The molecule has 0 N–H and O–H groups in total. The molecule has 0 aromatic heterocycles. The van der Waals surface area contributed by atoms with Gasteiger partial charge in [0.15, 0.2) is 0 Å². The quantitative estimate of drug-likeness (QED) is 0.423. The molecule has 0 saturated heterocycles. The van der Waals surface area contributed by atoms with E-state index < -0.39 is 0 Å². The second kappa shape index (κ2) is 8.17. The van der Waals surface area contributed by atoms with Crippen LogP contribution in [0, 0.1) is 23.7 Å². The molecule has 0 bridgehead atoms. The van der Waals surface area contributed by atoms with Gasteiger partial charge in [0.2, 0.25) is 0 Å². The molecule has 1 atom stereocenters. The van der Waals surface area contributed by atoms with Crippen molar-refractivity contribution < 1.29 is 0 Å². The van der Waals surface area contributed by atoms with Gasteiger partial charge in [-0.05, 0) is 19.3 Å². The molecule has 0 amide bonds. The van der Waals surface area contributed by atoms with Gasteiger partial charge < -0.3 is 0 Å². The topological polar surface area (TPSA) is 0 Å². The van der Waals surface area contributed by atoms with E-state index in [2.05, 4.69) is 32.6 Å².